The molecule has 3 aromatic rings. The Kier molecular flexibility index (Phi) is 7.04. The van der Waals surface area contributed by atoms with E-state index < -0.39 is 24.2 Å². The third kappa shape index (κ3) is 5.06. The van der Waals surface area contributed by atoms with Crippen LogP contribution in [0.4, 0.5) is 4.79 Å². The molecular formula is C25H27N3O5. The van der Waals surface area contributed by atoms with E-state index in [0.29, 0.717) is 18.7 Å². The predicted octanol–water partition coefficient (Wildman–Crippen LogP) is 3.67. The zero-order chi connectivity index (χ0) is 23.2. The Balaban J connectivity index is 1.58. The Morgan fingerprint density at radius 2 is 1.76 bits per heavy atom. The minimum Gasteiger partial charge on any atom is -0.461 e. The van der Waals surface area contributed by atoms with Crippen LogP contribution in [0.25, 0.3) is 11.3 Å². The number of aromatic nitrogens is 2. The molecule has 1 N–H and O–H groups in total. The van der Waals surface area contributed by atoms with E-state index in [-0.39, 0.29) is 25.5 Å². The Labute approximate surface area is 192 Å². The van der Waals surface area contributed by atoms with Gasteiger partial charge in [-0.3, -0.25) is 0 Å². The highest BCUT2D eigenvalue weighted by atomic mass is 16.6. The molecule has 0 aliphatic carbocycles. The molecule has 1 amide bonds. The number of imidazole rings is 1. The van der Waals surface area contributed by atoms with E-state index in [0.717, 1.165) is 11.1 Å². The van der Waals surface area contributed by atoms with Crippen molar-refractivity contribution < 1.29 is 24.2 Å². The van der Waals surface area contributed by atoms with Gasteiger partial charge in [-0.1, -0.05) is 60.7 Å². The van der Waals surface area contributed by atoms with Crippen LogP contribution in [0, 0.1) is 0 Å². The van der Waals surface area contributed by atoms with E-state index >= 15 is 0 Å². The number of benzene rings is 2. The summed E-state index contributed by atoms with van der Waals surface area (Å²) >= 11 is 0. The first-order valence-corrected chi connectivity index (χ1v) is 11.0. The van der Waals surface area contributed by atoms with Gasteiger partial charge in [0.25, 0.3) is 0 Å². The molecule has 2 aromatic carbocycles. The number of aliphatic hydroxyl groups excluding tert-OH is 1. The van der Waals surface area contributed by atoms with Crippen LogP contribution >= 0.6 is 0 Å². The Morgan fingerprint density at radius 1 is 1.06 bits per heavy atom. The number of hydrogen-bond acceptors (Lipinski definition) is 6. The van der Waals surface area contributed by atoms with E-state index in [1.54, 1.807) is 16.4 Å². The molecule has 172 valence electrons. The van der Waals surface area contributed by atoms with Crippen molar-refractivity contribution >= 4 is 12.1 Å². The fraction of sp³-hybridized carbons (Fsp3) is 0.320. The average Bonchev–Trinajstić information content (AvgIpc) is 3.29. The third-order valence-electron chi connectivity index (χ3n) is 5.68. The molecule has 1 aromatic heterocycles. The summed E-state index contributed by atoms with van der Waals surface area (Å²) in [6.07, 6.45) is 0.755. The van der Waals surface area contributed by atoms with Gasteiger partial charge in [-0.2, -0.15) is 0 Å². The van der Waals surface area contributed by atoms with Gasteiger partial charge < -0.3 is 24.0 Å². The molecule has 8 heteroatoms. The van der Waals surface area contributed by atoms with Gasteiger partial charge in [-0.25, -0.2) is 14.6 Å². The maximum atomic E-state index is 12.7. The highest BCUT2D eigenvalue weighted by Gasteiger charge is 2.35. The standard InChI is InChI=1S/C25H27N3O5/c1-2-32-24(30)22-23(19-11-7-4-8-12-19)28(17-26-22)20-15-27(14-13-21(20)29)25(31)33-16-18-9-5-3-6-10-18/h3-12,17,20-21,29H,2,13-16H2,1H3/t20-,21-/m1/s1. The lowest BCUT2D eigenvalue weighted by molar-refractivity contribution is 0.0235. The smallest absolute Gasteiger partial charge is 0.410 e. The first kappa shape index (κ1) is 22.5. The third-order valence-corrected chi connectivity index (χ3v) is 5.68. The summed E-state index contributed by atoms with van der Waals surface area (Å²) < 4.78 is 12.4. The van der Waals surface area contributed by atoms with Gasteiger partial charge in [0.05, 0.1) is 30.8 Å². The van der Waals surface area contributed by atoms with E-state index in [2.05, 4.69) is 4.98 Å². The Morgan fingerprint density at radius 3 is 2.45 bits per heavy atom. The summed E-state index contributed by atoms with van der Waals surface area (Å²) in [5, 5.41) is 10.8. The van der Waals surface area contributed by atoms with Gasteiger partial charge in [0, 0.05) is 18.7 Å². The van der Waals surface area contributed by atoms with E-state index in [4.69, 9.17) is 9.47 Å². The van der Waals surface area contributed by atoms with Crippen molar-refractivity contribution in [2.24, 2.45) is 0 Å². The molecular weight excluding hydrogens is 422 g/mol. The molecule has 4 rings (SSSR count). The molecule has 1 fully saturated rings. The number of aliphatic hydroxyl groups is 1. The number of nitrogens with zero attached hydrogens (tertiary/aromatic N) is 3. The second-order valence-corrected chi connectivity index (χ2v) is 7.85. The zero-order valence-corrected chi connectivity index (χ0v) is 18.5. The fourth-order valence-electron chi connectivity index (χ4n) is 4.01. The van der Waals surface area contributed by atoms with Crippen LogP contribution < -0.4 is 0 Å². The van der Waals surface area contributed by atoms with Crippen LogP contribution in [0.3, 0.4) is 0 Å². The van der Waals surface area contributed by atoms with Crippen molar-refractivity contribution in [3.05, 3.63) is 78.2 Å². The molecule has 8 nitrogen and oxygen atoms in total. The number of hydrogen-bond donors (Lipinski definition) is 1. The molecule has 0 bridgehead atoms. The Hall–Kier alpha value is -3.65. The number of rotatable bonds is 6. The monoisotopic (exact) mass is 449 g/mol. The minimum absolute atomic E-state index is 0.177. The van der Waals surface area contributed by atoms with Crippen molar-refractivity contribution in [2.45, 2.75) is 32.1 Å². The SMILES string of the molecule is CCOC(=O)c1ncn([C@@H]2CN(C(=O)OCc3ccccc3)CC[C@H]2O)c1-c1ccccc1. The summed E-state index contributed by atoms with van der Waals surface area (Å²) in [5.41, 5.74) is 2.41. The molecule has 0 unspecified atom stereocenters. The van der Waals surface area contributed by atoms with Gasteiger partial charge in [0.2, 0.25) is 0 Å². The highest BCUT2D eigenvalue weighted by Crippen LogP contribution is 2.31. The molecule has 0 spiro atoms. The lowest BCUT2D eigenvalue weighted by Gasteiger charge is -2.36. The highest BCUT2D eigenvalue weighted by molar-refractivity contribution is 5.94. The summed E-state index contributed by atoms with van der Waals surface area (Å²) in [5.74, 6) is -0.528. The van der Waals surface area contributed by atoms with Gasteiger partial charge in [0.15, 0.2) is 5.69 Å². The van der Waals surface area contributed by atoms with Gasteiger partial charge in [-0.15, -0.1) is 0 Å². The lowest BCUT2D eigenvalue weighted by atomic mass is 10.0. The average molecular weight is 450 g/mol. The number of piperidine rings is 1. The van der Waals surface area contributed by atoms with Crippen molar-refractivity contribution in [3.63, 3.8) is 0 Å². The summed E-state index contributed by atoms with van der Waals surface area (Å²) in [7, 11) is 0. The summed E-state index contributed by atoms with van der Waals surface area (Å²) in [6, 6.07) is 18.3. The quantitative estimate of drug-likeness (QED) is 0.577. The number of esters is 1. The maximum absolute atomic E-state index is 12.7. The number of ether oxygens (including phenoxy) is 2. The van der Waals surface area contributed by atoms with Crippen LogP contribution in [0.1, 0.15) is 35.4 Å². The maximum Gasteiger partial charge on any atom is 0.410 e. The minimum atomic E-state index is -0.713. The molecule has 1 saturated heterocycles. The fourth-order valence-corrected chi connectivity index (χ4v) is 4.01. The first-order chi connectivity index (χ1) is 16.1. The number of carbonyl (C=O) groups is 2. The van der Waals surface area contributed by atoms with Crippen LogP contribution in [0.15, 0.2) is 67.0 Å². The second kappa shape index (κ2) is 10.3. The topological polar surface area (TPSA) is 93.9 Å². The summed E-state index contributed by atoms with van der Waals surface area (Å²) in [4.78, 5) is 31.2. The van der Waals surface area contributed by atoms with Crippen molar-refractivity contribution in [3.8, 4) is 11.3 Å². The van der Waals surface area contributed by atoms with Gasteiger partial charge >= 0.3 is 12.1 Å². The normalized spacial score (nSPS) is 18.1. The van der Waals surface area contributed by atoms with Gasteiger partial charge in [0.1, 0.15) is 6.61 Å². The summed E-state index contributed by atoms with van der Waals surface area (Å²) in [6.45, 7) is 2.75. The van der Waals surface area contributed by atoms with Crippen LogP contribution in [-0.4, -0.2) is 57.4 Å². The van der Waals surface area contributed by atoms with Crippen molar-refractivity contribution in [1.29, 1.82) is 0 Å². The van der Waals surface area contributed by atoms with Crippen LogP contribution in [0.5, 0.6) is 0 Å². The molecule has 2 atom stereocenters. The number of carbonyl (C=O) groups excluding carboxylic acids is 2. The number of amides is 1. The van der Waals surface area contributed by atoms with E-state index in [1.165, 1.54) is 6.33 Å². The van der Waals surface area contributed by atoms with Crippen LogP contribution in [0.2, 0.25) is 0 Å². The molecule has 1 aliphatic rings. The van der Waals surface area contributed by atoms with Crippen LogP contribution in [-0.2, 0) is 16.1 Å². The predicted molar refractivity (Wildman–Crippen MR) is 121 cm³/mol. The van der Waals surface area contributed by atoms with E-state index in [9.17, 15) is 14.7 Å². The van der Waals surface area contributed by atoms with Gasteiger partial charge in [-0.05, 0) is 18.9 Å². The Bertz CT molecular complexity index is 1080. The molecule has 0 saturated carbocycles. The van der Waals surface area contributed by atoms with Crippen molar-refractivity contribution in [1.82, 2.24) is 14.5 Å². The second-order valence-electron chi connectivity index (χ2n) is 7.85. The molecule has 1 aliphatic heterocycles. The first-order valence-electron chi connectivity index (χ1n) is 11.0. The van der Waals surface area contributed by atoms with E-state index in [1.807, 2.05) is 60.7 Å². The van der Waals surface area contributed by atoms with Crippen molar-refractivity contribution in [2.75, 3.05) is 19.7 Å². The molecule has 2 heterocycles. The molecule has 0 radical (unpaired) electrons. The zero-order valence-electron chi connectivity index (χ0n) is 18.5. The lowest BCUT2D eigenvalue weighted by Crippen LogP contribution is -2.47. The number of likely N-dealkylation sites (tertiary alicyclic amines) is 1. The largest absolute Gasteiger partial charge is 0.461 e. The molecule has 33 heavy (non-hydrogen) atoms.